The topological polar surface area (TPSA) is 288 Å². The van der Waals surface area contributed by atoms with Gasteiger partial charge in [0.05, 0.1) is 62.0 Å². The number of nitrogens with zero attached hydrogens (tertiary/aromatic N) is 4. The summed E-state index contributed by atoms with van der Waals surface area (Å²) in [5.74, 6) is -0.0635. The Morgan fingerprint density at radius 3 is 0.875 bits per heavy atom. The second-order valence-corrected chi connectivity index (χ2v) is 10.2. The van der Waals surface area contributed by atoms with Crippen molar-refractivity contribution in [1.29, 1.82) is 0 Å². The molecule has 0 aromatic carbocycles. The lowest BCUT2D eigenvalue weighted by Crippen LogP contribution is -2.42. The van der Waals surface area contributed by atoms with Gasteiger partial charge >= 0.3 is 0 Å². The molecule has 0 aromatic heterocycles. The van der Waals surface area contributed by atoms with Crippen LogP contribution in [0.3, 0.4) is 0 Å². The smallest absolute Gasteiger partial charge is 0.223 e. The Bertz CT molecular complexity index is 1100. The fourth-order valence-electron chi connectivity index (χ4n) is 4.26. The van der Waals surface area contributed by atoms with Crippen molar-refractivity contribution in [2.24, 2.45) is 0 Å². The van der Waals surface area contributed by atoms with Crippen molar-refractivity contribution in [3.63, 3.8) is 0 Å². The second-order valence-electron chi connectivity index (χ2n) is 10.2. The van der Waals surface area contributed by atoms with Crippen molar-refractivity contribution >= 4 is 47.6 Å². The average Bonchev–Trinajstić information content (AvgIpc) is 3.86. The van der Waals surface area contributed by atoms with E-state index in [9.17, 15) is 9.59 Å². The summed E-state index contributed by atoms with van der Waals surface area (Å²) < 4.78 is 0. The van der Waals surface area contributed by atoms with Crippen LogP contribution in [0.2, 0.25) is 0 Å². The first-order valence-corrected chi connectivity index (χ1v) is 14.8. The number of hydrogen-bond donors (Lipinski definition) is 0. The number of carbonyl (C=O) groups is 8. The number of rotatable bonds is 4. The summed E-state index contributed by atoms with van der Waals surface area (Å²) in [6, 6.07) is 0. The van der Waals surface area contributed by atoms with Crippen LogP contribution in [0.5, 0.6) is 0 Å². The molecule has 4 saturated heterocycles. The molecule has 2 amide bonds. The summed E-state index contributed by atoms with van der Waals surface area (Å²) in [5.41, 5.74) is 0. The van der Waals surface area contributed by atoms with Crippen LogP contribution in [0.15, 0.2) is 0 Å². The molecule has 4 aliphatic heterocycles. The number of likely N-dealkylation sites (tertiary alicyclic amines) is 4. The van der Waals surface area contributed by atoms with E-state index in [1.54, 1.807) is 0 Å². The van der Waals surface area contributed by atoms with Gasteiger partial charge in [-0.3, -0.25) is 19.4 Å². The molecule has 18 nitrogen and oxygen atoms in total. The van der Waals surface area contributed by atoms with Gasteiger partial charge in [0.25, 0.3) is 0 Å². The highest BCUT2D eigenvalue weighted by atomic mass is 16.5. The van der Waals surface area contributed by atoms with E-state index in [4.69, 9.17) is 59.4 Å². The van der Waals surface area contributed by atoms with Crippen molar-refractivity contribution in [3.8, 4) is 23.7 Å². The molecule has 0 aromatic rings. The number of carboxylic acids is 6. The standard InChI is InChI=1S/2C12H18N2O.3C2H2O4/c2*15-12-6-5-11-14(12)10-4-3-9-13-7-1-2-8-13;3*3-1(4)2(5)6/h2*1-2,5-11H2;3*(H,3,4)(H,5,6)/p-6. The SMILES string of the molecule is O=C([O-])C(=O)[O-].O=C([O-])C(=O)[O-].O=C([O-])C(=O)[O-].O=C1CCCN1CC#CCN1CCCC1.O=C1CCCN1CC#CCN1CCCC1. The Kier molecular flexibility index (Phi) is 22.3. The Labute approximate surface area is 276 Å². The van der Waals surface area contributed by atoms with Crippen LogP contribution < -0.4 is 30.6 Å². The van der Waals surface area contributed by atoms with Gasteiger partial charge in [-0.15, -0.1) is 0 Å². The zero-order chi connectivity index (χ0) is 36.5. The normalized spacial score (nSPS) is 16.4. The van der Waals surface area contributed by atoms with Crippen LogP contribution in [0.1, 0.15) is 51.4 Å². The first kappa shape index (κ1) is 42.8. The maximum Gasteiger partial charge on any atom is 0.223 e. The highest BCUT2D eigenvalue weighted by Crippen LogP contribution is 2.09. The Hall–Kier alpha value is -5.20. The largest absolute Gasteiger partial charge is 0.543 e. The second kappa shape index (κ2) is 25.0. The lowest BCUT2D eigenvalue weighted by atomic mass is 10.4. The van der Waals surface area contributed by atoms with Crippen LogP contribution >= 0.6 is 0 Å². The van der Waals surface area contributed by atoms with Crippen LogP contribution in [0.25, 0.3) is 0 Å². The van der Waals surface area contributed by atoms with E-state index in [1.807, 2.05) is 9.80 Å². The Balaban J connectivity index is 0.000000624. The summed E-state index contributed by atoms with van der Waals surface area (Å²) in [6.45, 7) is 9.58. The third-order valence-electron chi connectivity index (χ3n) is 6.64. The molecule has 0 spiro atoms. The number of hydrogen-bond acceptors (Lipinski definition) is 16. The monoisotopic (exact) mass is 676 g/mol. The van der Waals surface area contributed by atoms with Crippen molar-refractivity contribution in [3.05, 3.63) is 0 Å². The highest BCUT2D eigenvalue weighted by Gasteiger charge is 2.19. The van der Waals surface area contributed by atoms with E-state index in [0.29, 0.717) is 25.9 Å². The number of carboxylic acid groups (broad SMARTS) is 6. The molecule has 4 fully saturated rings. The molecule has 0 radical (unpaired) electrons. The molecule has 4 heterocycles. The summed E-state index contributed by atoms with van der Waals surface area (Å²) in [4.78, 5) is 84.6. The number of carbonyl (C=O) groups excluding carboxylic acids is 8. The molecule has 0 aliphatic carbocycles. The van der Waals surface area contributed by atoms with Gasteiger partial charge in [-0.1, -0.05) is 23.7 Å². The zero-order valence-corrected chi connectivity index (χ0v) is 26.2. The average molecular weight is 677 g/mol. The molecule has 0 saturated carbocycles. The number of aliphatic carboxylic acids is 6. The molecular formula is C30H36N4O14-6. The van der Waals surface area contributed by atoms with Gasteiger partial charge in [-0.05, 0) is 64.7 Å². The van der Waals surface area contributed by atoms with Crippen molar-refractivity contribution in [1.82, 2.24) is 19.6 Å². The maximum atomic E-state index is 11.3. The van der Waals surface area contributed by atoms with Crippen LogP contribution in [-0.4, -0.2) is 133 Å². The van der Waals surface area contributed by atoms with E-state index in [0.717, 1.165) is 39.0 Å². The highest BCUT2D eigenvalue weighted by molar-refractivity contribution is 6.25. The third kappa shape index (κ3) is 21.5. The van der Waals surface area contributed by atoms with E-state index in [1.165, 1.54) is 51.9 Å². The van der Waals surface area contributed by atoms with E-state index >= 15 is 0 Å². The Morgan fingerprint density at radius 1 is 0.417 bits per heavy atom. The molecule has 0 unspecified atom stereocenters. The van der Waals surface area contributed by atoms with Crippen molar-refractivity contribution < 1.29 is 69.0 Å². The predicted molar refractivity (Wildman–Crippen MR) is 149 cm³/mol. The lowest BCUT2D eigenvalue weighted by molar-refractivity contribution is -0.345. The predicted octanol–water partition coefficient (Wildman–Crippen LogP) is -9.13. The molecule has 0 atom stereocenters. The minimum absolute atomic E-state index is 0.269. The summed E-state index contributed by atoms with van der Waals surface area (Å²) >= 11 is 0. The lowest BCUT2D eigenvalue weighted by Gasteiger charge is -2.11. The zero-order valence-electron chi connectivity index (χ0n) is 26.2. The van der Waals surface area contributed by atoms with Gasteiger partial charge in [0.2, 0.25) is 11.8 Å². The molecule has 0 N–H and O–H groups in total. The van der Waals surface area contributed by atoms with Gasteiger partial charge < -0.3 is 69.2 Å². The van der Waals surface area contributed by atoms with Crippen LogP contribution in [0, 0.1) is 23.7 Å². The molecule has 48 heavy (non-hydrogen) atoms. The summed E-state index contributed by atoms with van der Waals surface area (Å²) in [5, 5.41) is 53.6. The minimum atomic E-state index is -2.19. The van der Waals surface area contributed by atoms with Crippen LogP contribution in [-0.2, 0) is 38.4 Å². The molecular weight excluding hydrogens is 640 g/mol. The van der Waals surface area contributed by atoms with E-state index in [2.05, 4.69) is 33.5 Å². The van der Waals surface area contributed by atoms with Gasteiger partial charge in [0.15, 0.2) is 0 Å². The minimum Gasteiger partial charge on any atom is -0.543 e. The first-order chi connectivity index (χ1) is 22.6. The molecule has 266 valence electrons. The van der Waals surface area contributed by atoms with Crippen molar-refractivity contribution in [2.45, 2.75) is 51.4 Å². The van der Waals surface area contributed by atoms with Crippen LogP contribution in [0.4, 0.5) is 0 Å². The molecule has 4 rings (SSSR count). The Morgan fingerprint density at radius 2 is 0.667 bits per heavy atom. The van der Waals surface area contributed by atoms with E-state index < -0.39 is 35.8 Å². The number of amides is 2. The van der Waals surface area contributed by atoms with Gasteiger partial charge in [0.1, 0.15) is 0 Å². The molecule has 0 bridgehead atoms. The van der Waals surface area contributed by atoms with Crippen molar-refractivity contribution in [2.75, 3.05) is 65.4 Å². The molecule has 18 heteroatoms. The summed E-state index contributed by atoms with van der Waals surface area (Å²) in [6.07, 6.45) is 8.69. The summed E-state index contributed by atoms with van der Waals surface area (Å²) in [7, 11) is 0. The fraction of sp³-hybridized carbons (Fsp3) is 0.600. The van der Waals surface area contributed by atoms with E-state index in [-0.39, 0.29) is 11.8 Å². The van der Waals surface area contributed by atoms with Gasteiger partial charge in [-0.2, -0.15) is 0 Å². The maximum absolute atomic E-state index is 11.3. The fourth-order valence-corrected chi connectivity index (χ4v) is 4.26. The molecule has 4 aliphatic rings. The van der Waals surface area contributed by atoms with Gasteiger partial charge in [-0.25, -0.2) is 0 Å². The quantitative estimate of drug-likeness (QED) is 0.197. The first-order valence-electron chi connectivity index (χ1n) is 14.8. The van der Waals surface area contributed by atoms with Gasteiger partial charge in [0, 0.05) is 25.9 Å². The third-order valence-corrected chi connectivity index (χ3v) is 6.64.